The summed E-state index contributed by atoms with van der Waals surface area (Å²) in [7, 11) is 0. The molecule has 1 fully saturated rings. The summed E-state index contributed by atoms with van der Waals surface area (Å²) in [6.45, 7) is 1.11. The zero-order valence-corrected chi connectivity index (χ0v) is 15.2. The second kappa shape index (κ2) is 7.17. The van der Waals surface area contributed by atoms with Crippen LogP contribution in [0.4, 0.5) is 11.4 Å². The molecule has 2 aliphatic heterocycles. The summed E-state index contributed by atoms with van der Waals surface area (Å²) in [5.41, 5.74) is 1.70. The SMILES string of the molecule is O=C1c2ccccc2NC(c2ccc(Cl)c([N+](=O)[O-])c2)N1CC1CCCO1. The summed E-state index contributed by atoms with van der Waals surface area (Å²) >= 11 is 5.95. The minimum atomic E-state index is -0.535. The fourth-order valence-corrected chi connectivity index (χ4v) is 3.78. The van der Waals surface area contributed by atoms with Gasteiger partial charge in [-0.25, -0.2) is 0 Å². The van der Waals surface area contributed by atoms with Crippen molar-refractivity contribution in [3.8, 4) is 0 Å². The van der Waals surface area contributed by atoms with Gasteiger partial charge in [0.2, 0.25) is 0 Å². The van der Waals surface area contributed by atoms with Gasteiger partial charge >= 0.3 is 0 Å². The number of fused-ring (bicyclic) bond motifs is 1. The smallest absolute Gasteiger partial charge is 0.288 e. The lowest BCUT2D eigenvalue weighted by molar-refractivity contribution is -0.384. The lowest BCUT2D eigenvalue weighted by atomic mass is 10.0. The minimum absolute atomic E-state index is 0.0363. The van der Waals surface area contributed by atoms with Gasteiger partial charge in [0, 0.05) is 30.5 Å². The first kappa shape index (κ1) is 17.8. The largest absolute Gasteiger partial charge is 0.376 e. The third kappa shape index (κ3) is 3.36. The number of carbonyl (C=O) groups excluding carboxylic acids is 1. The van der Waals surface area contributed by atoms with E-state index in [2.05, 4.69) is 5.32 Å². The number of para-hydroxylation sites is 1. The van der Waals surface area contributed by atoms with Crippen LogP contribution in [0.15, 0.2) is 42.5 Å². The van der Waals surface area contributed by atoms with Gasteiger partial charge in [-0.3, -0.25) is 14.9 Å². The lowest BCUT2D eigenvalue weighted by Crippen LogP contribution is -2.46. The third-order valence-corrected chi connectivity index (χ3v) is 5.25. The van der Waals surface area contributed by atoms with E-state index in [4.69, 9.17) is 16.3 Å². The van der Waals surface area contributed by atoms with Gasteiger partial charge in [0.15, 0.2) is 0 Å². The van der Waals surface area contributed by atoms with Crippen molar-refractivity contribution in [2.24, 2.45) is 0 Å². The fraction of sp³-hybridized carbons (Fsp3) is 0.316. The number of nitrogens with zero attached hydrogens (tertiary/aromatic N) is 2. The van der Waals surface area contributed by atoms with Crippen LogP contribution in [0.5, 0.6) is 0 Å². The molecule has 0 bridgehead atoms. The monoisotopic (exact) mass is 387 g/mol. The number of hydrogen-bond acceptors (Lipinski definition) is 5. The molecule has 0 saturated carbocycles. The van der Waals surface area contributed by atoms with Crippen LogP contribution in [0, 0.1) is 10.1 Å². The number of nitro groups is 1. The topological polar surface area (TPSA) is 84.7 Å². The van der Waals surface area contributed by atoms with Gasteiger partial charge in [-0.05, 0) is 31.0 Å². The molecule has 2 aromatic carbocycles. The van der Waals surface area contributed by atoms with Gasteiger partial charge in [0.05, 0.1) is 16.6 Å². The van der Waals surface area contributed by atoms with Crippen molar-refractivity contribution in [2.45, 2.75) is 25.1 Å². The Morgan fingerprint density at radius 1 is 1.30 bits per heavy atom. The summed E-state index contributed by atoms with van der Waals surface area (Å²) in [4.78, 5) is 25.6. The van der Waals surface area contributed by atoms with Gasteiger partial charge in [-0.15, -0.1) is 0 Å². The Morgan fingerprint density at radius 2 is 2.11 bits per heavy atom. The van der Waals surface area contributed by atoms with Crippen LogP contribution in [0.2, 0.25) is 5.02 Å². The van der Waals surface area contributed by atoms with Crippen LogP contribution < -0.4 is 5.32 Å². The van der Waals surface area contributed by atoms with E-state index in [1.54, 1.807) is 17.0 Å². The number of carbonyl (C=O) groups is 1. The number of nitrogens with one attached hydrogen (secondary N) is 1. The maximum Gasteiger partial charge on any atom is 0.288 e. The molecular weight excluding hydrogens is 370 g/mol. The zero-order valence-electron chi connectivity index (χ0n) is 14.4. The summed E-state index contributed by atoms with van der Waals surface area (Å²) in [5.74, 6) is -0.123. The van der Waals surface area contributed by atoms with Crippen LogP contribution in [-0.2, 0) is 4.74 Å². The molecule has 0 spiro atoms. The van der Waals surface area contributed by atoms with Gasteiger partial charge < -0.3 is 15.0 Å². The number of rotatable bonds is 4. The molecule has 1 amide bonds. The van der Waals surface area contributed by atoms with Crippen molar-refractivity contribution >= 4 is 28.9 Å². The Hall–Kier alpha value is -2.64. The molecule has 0 radical (unpaired) electrons. The third-order valence-electron chi connectivity index (χ3n) is 4.93. The highest BCUT2D eigenvalue weighted by molar-refractivity contribution is 6.32. The molecule has 7 nitrogen and oxygen atoms in total. The van der Waals surface area contributed by atoms with Crippen molar-refractivity contribution in [2.75, 3.05) is 18.5 Å². The zero-order chi connectivity index (χ0) is 19.0. The van der Waals surface area contributed by atoms with E-state index in [1.165, 1.54) is 12.1 Å². The normalized spacial score (nSPS) is 21.7. The minimum Gasteiger partial charge on any atom is -0.376 e. The lowest BCUT2D eigenvalue weighted by Gasteiger charge is -2.39. The Labute approximate surface area is 161 Å². The number of amides is 1. The molecule has 27 heavy (non-hydrogen) atoms. The molecule has 1 saturated heterocycles. The van der Waals surface area contributed by atoms with E-state index in [9.17, 15) is 14.9 Å². The second-order valence-electron chi connectivity index (χ2n) is 6.65. The number of anilines is 1. The first-order valence-electron chi connectivity index (χ1n) is 8.76. The van der Waals surface area contributed by atoms with Crippen molar-refractivity contribution in [1.29, 1.82) is 0 Å². The Bertz CT molecular complexity index is 898. The molecule has 4 rings (SSSR count). The molecule has 2 heterocycles. The van der Waals surface area contributed by atoms with Gasteiger partial charge in [-0.2, -0.15) is 0 Å². The van der Waals surface area contributed by atoms with E-state index in [0.29, 0.717) is 30.0 Å². The summed E-state index contributed by atoms with van der Waals surface area (Å²) in [6.07, 6.45) is 1.28. The van der Waals surface area contributed by atoms with Crippen LogP contribution in [0.1, 0.15) is 34.9 Å². The standard InChI is InChI=1S/C19H18ClN3O4/c20-15-8-7-12(10-17(15)23(25)26)18-21-16-6-2-1-5-14(16)19(24)22(18)11-13-4-3-9-27-13/h1-2,5-8,10,13,18,21H,3-4,9,11H2. The number of ether oxygens (including phenoxy) is 1. The Balaban J connectivity index is 1.74. The molecule has 8 heteroatoms. The van der Waals surface area contributed by atoms with Crippen molar-refractivity contribution < 1.29 is 14.5 Å². The Kier molecular flexibility index (Phi) is 4.72. The average Bonchev–Trinajstić information content (AvgIpc) is 3.17. The van der Waals surface area contributed by atoms with Crippen molar-refractivity contribution in [1.82, 2.24) is 4.90 Å². The molecule has 0 aliphatic carbocycles. The van der Waals surface area contributed by atoms with Gasteiger partial charge in [-0.1, -0.05) is 29.8 Å². The van der Waals surface area contributed by atoms with Crippen LogP contribution in [-0.4, -0.2) is 35.0 Å². The molecule has 2 aliphatic rings. The molecule has 1 N–H and O–H groups in total. The average molecular weight is 388 g/mol. The van der Waals surface area contributed by atoms with Crippen LogP contribution in [0.3, 0.4) is 0 Å². The molecule has 0 aromatic heterocycles. The van der Waals surface area contributed by atoms with E-state index in [0.717, 1.165) is 12.8 Å². The van der Waals surface area contributed by atoms with E-state index in [1.807, 2.05) is 18.2 Å². The highest BCUT2D eigenvalue weighted by Gasteiger charge is 2.35. The van der Waals surface area contributed by atoms with Crippen molar-refractivity contribution in [3.05, 3.63) is 68.7 Å². The first-order valence-corrected chi connectivity index (χ1v) is 9.14. The molecule has 2 unspecified atom stereocenters. The maximum absolute atomic E-state index is 13.1. The molecular formula is C19H18ClN3O4. The highest BCUT2D eigenvalue weighted by Crippen LogP contribution is 2.36. The van der Waals surface area contributed by atoms with E-state index < -0.39 is 11.1 Å². The predicted molar refractivity (Wildman–Crippen MR) is 101 cm³/mol. The molecule has 2 atom stereocenters. The number of hydrogen-bond donors (Lipinski definition) is 1. The second-order valence-corrected chi connectivity index (χ2v) is 7.06. The highest BCUT2D eigenvalue weighted by atomic mass is 35.5. The number of benzene rings is 2. The maximum atomic E-state index is 13.1. The van der Waals surface area contributed by atoms with Gasteiger partial charge in [0.1, 0.15) is 11.2 Å². The van der Waals surface area contributed by atoms with Crippen LogP contribution in [0.25, 0.3) is 0 Å². The molecule has 140 valence electrons. The van der Waals surface area contributed by atoms with E-state index >= 15 is 0 Å². The van der Waals surface area contributed by atoms with E-state index in [-0.39, 0.29) is 22.7 Å². The quantitative estimate of drug-likeness (QED) is 0.633. The van der Waals surface area contributed by atoms with Crippen LogP contribution >= 0.6 is 11.6 Å². The number of nitro benzene ring substituents is 1. The number of halogens is 1. The summed E-state index contributed by atoms with van der Waals surface area (Å²) in [6, 6.07) is 11.9. The summed E-state index contributed by atoms with van der Waals surface area (Å²) in [5, 5.41) is 14.7. The first-order chi connectivity index (χ1) is 13.0. The van der Waals surface area contributed by atoms with Crippen molar-refractivity contribution in [3.63, 3.8) is 0 Å². The predicted octanol–water partition coefficient (Wildman–Crippen LogP) is 3.99. The Morgan fingerprint density at radius 3 is 2.85 bits per heavy atom. The molecule has 2 aromatic rings. The summed E-state index contributed by atoms with van der Waals surface area (Å²) < 4.78 is 5.71. The van der Waals surface area contributed by atoms with Gasteiger partial charge in [0.25, 0.3) is 11.6 Å². The fourth-order valence-electron chi connectivity index (χ4n) is 3.59.